The summed E-state index contributed by atoms with van der Waals surface area (Å²) in [7, 11) is 0. The predicted octanol–water partition coefficient (Wildman–Crippen LogP) is 2.22. The normalized spacial score (nSPS) is 12.2. The summed E-state index contributed by atoms with van der Waals surface area (Å²) in [6.07, 6.45) is 2.24. The zero-order valence-electron chi connectivity index (χ0n) is 11.6. The summed E-state index contributed by atoms with van der Waals surface area (Å²) in [5.41, 5.74) is 2.65. The Balaban J connectivity index is 2.61. The van der Waals surface area contributed by atoms with Crippen LogP contribution in [0.1, 0.15) is 48.4 Å². The summed E-state index contributed by atoms with van der Waals surface area (Å²) in [6.45, 7) is 8.51. The van der Waals surface area contributed by atoms with Gasteiger partial charge in [-0.05, 0) is 33.3 Å². The van der Waals surface area contributed by atoms with E-state index in [1.54, 1.807) is 0 Å². The number of carbonyl (C=O) groups excluding carboxylic acids is 2. The number of amides is 1. The number of aromatic nitrogens is 1. The molecular weight excluding hydrogens is 228 g/mol. The van der Waals surface area contributed by atoms with Gasteiger partial charge in [0.2, 0.25) is 5.91 Å². The smallest absolute Gasteiger partial charge is 0.221 e. The standard InChI is InChI=1S/C14H22N2O2/c1-5-10(2)15-14(18)6-7-16-11(3)8-13(9-17)12(16)4/h8-10H,5-7H2,1-4H3,(H,15,18). The highest BCUT2D eigenvalue weighted by Gasteiger charge is 2.10. The van der Waals surface area contributed by atoms with E-state index in [4.69, 9.17) is 0 Å². The van der Waals surface area contributed by atoms with Crippen molar-refractivity contribution in [1.82, 2.24) is 9.88 Å². The van der Waals surface area contributed by atoms with Crippen molar-refractivity contribution in [3.05, 3.63) is 23.0 Å². The number of aryl methyl sites for hydroxylation is 1. The molecule has 18 heavy (non-hydrogen) atoms. The Hall–Kier alpha value is -1.58. The predicted molar refractivity (Wildman–Crippen MR) is 71.8 cm³/mol. The van der Waals surface area contributed by atoms with Crippen LogP contribution < -0.4 is 5.32 Å². The minimum atomic E-state index is 0.0597. The van der Waals surface area contributed by atoms with Crippen molar-refractivity contribution in [1.29, 1.82) is 0 Å². The number of hydrogen-bond acceptors (Lipinski definition) is 2. The van der Waals surface area contributed by atoms with Crippen LogP contribution in [-0.4, -0.2) is 22.8 Å². The van der Waals surface area contributed by atoms with Crippen LogP contribution in [0.25, 0.3) is 0 Å². The lowest BCUT2D eigenvalue weighted by atomic mass is 10.2. The molecule has 4 heteroatoms. The zero-order chi connectivity index (χ0) is 13.7. The number of rotatable bonds is 6. The van der Waals surface area contributed by atoms with Gasteiger partial charge in [-0.3, -0.25) is 9.59 Å². The summed E-state index contributed by atoms with van der Waals surface area (Å²) in [6, 6.07) is 2.07. The van der Waals surface area contributed by atoms with E-state index in [2.05, 4.69) is 5.32 Å². The van der Waals surface area contributed by atoms with Crippen molar-refractivity contribution in [2.75, 3.05) is 0 Å². The second kappa shape index (κ2) is 6.38. The van der Waals surface area contributed by atoms with Crippen LogP contribution in [0.3, 0.4) is 0 Å². The van der Waals surface area contributed by atoms with E-state index in [0.717, 1.165) is 24.1 Å². The fourth-order valence-corrected chi connectivity index (χ4v) is 1.95. The second-order valence-electron chi connectivity index (χ2n) is 4.72. The first kappa shape index (κ1) is 14.5. The molecule has 4 nitrogen and oxygen atoms in total. The largest absolute Gasteiger partial charge is 0.354 e. The van der Waals surface area contributed by atoms with Gasteiger partial charge < -0.3 is 9.88 Å². The average Bonchev–Trinajstić information content (AvgIpc) is 2.61. The van der Waals surface area contributed by atoms with E-state index in [0.29, 0.717) is 18.5 Å². The number of nitrogens with one attached hydrogen (secondary N) is 1. The van der Waals surface area contributed by atoms with E-state index in [-0.39, 0.29) is 11.9 Å². The van der Waals surface area contributed by atoms with E-state index >= 15 is 0 Å². The SMILES string of the molecule is CCC(C)NC(=O)CCn1c(C)cc(C=O)c1C. The van der Waals surface area contributed by atoms with Crippen LogP contribution in [0.15, 0.2) is 6.07 Å². The average molecular weight is 250 g/mol. The summed E-state index contributed by atoms with van der Waals surface area (Å²) >= 11 is 0. The van der Waals surface area contributed by atoms with Crippen LogP contribution in [0, 0.1) is 13.8 Å². The summed E-state index contributed by atoms with van der Waals surface area (Å²) in [5.74, 6) is 0.0597. The van der Waals surface area contributed by atoms with Crippen molar-refractivity contribution in [3.63, 3.8) is 0 Å². The molecule has 0 aliphatic rings. The minimum absolute atomic E-state index is 0.0597. The van der Waals surface area contributed by atoms with Gasteiger partial charge in [0, 0.05) is 36.0 Å². The van der Waals surface area contributed by atoms with Crippen molar-refractivity contribution in [2.24, 2.45) is 0 Å². The fraction of sp³-hybridized carbons (Fsp3) is 0.571. The molecule has 1 heterocycles. The Morgan fingerprint density at radius 2 is 2.17 bits per heavy atom. The van der Waals surface area contributed by atoms with Crippen molar-refractivity contribution < 1.29 is 9.59 Å². The lowest BCUT2D eigenvalue weighted by Gasteiger charge is -2.13. The van der Waals surface area contributed by atoms with Crippen molar-refractivity contribution >= 4 is 12.2 Å². The molecule has 0 aromatic carbocycles. The topological polar surface area (TPSA) is 51.1 Å². The maximum Gasteiger partial charge on any atom is 0.221 e. The van der Waals surface area contributed by atoms with Crippen molar-refractivity contribution in [3.8, 4) is 0 Å². The zero-order valence-corrected chi connectivity index (χ0v) is 11.6. The molecule has 1 unspecified atom stereocenters. The molecule has 0 bridgehead atoms. The highest BCUT2D eigenvalue weighted by molar-refractivity contribution is 5.78. The summed E-state index contributed by atoms with van der Waals surface area (Å²) in [4.78, 5) is 22.5. The van der Waals surface area contributed by atoms with E-state index in [1.165, 1.54) is 0 Å². The van der Waals surface area contributed by atoms with E-state index in [9.17, 15) is 9.59 Å². The van der Waals surface area contributed by atoms with Gasteiger partial charge in [0.15, 0.2) is 6.29 Å². The van der Waals surface area contributed by atoms with Crippen molar-refractivity contribution in [2.45, 2.75) is 53.1 Å². The second-order valence-corrected chi connectivity index (χ2v) is 4.72. The number of carbonyl (C=O) groups is 2. The Bertz CT molecular complexity index is 435. The molecule has 0 aliphatic carbocycles. The molecule has 1 aromatic rings. The lowest BCUT2D eigenvalue weighted by molar-refractivity contribution is -0.121. The van der Waals surface area contributed by atoms with Crippen LogP contribution >= 0.6 is 0 Å². The first-order valence-corrected chi connectivity index (χ1v) is 6.40. The van der Waals surface area contributed by atoms with Gasteiger partial charge in [-0.2, -0.15) is 0 Å². The Labute approximate surface area is 108 Å². The third kappa shape index (κ3) is 3.45. The third-order valence-corrected chi connectivity index (χ3v) is 3.32. The Kier molecular flexibility index (Phi) is 5.13. The molecule has 0 saturated carbocycles. The van der Waals surface area contributed by atoms with E-state index < -0.39 is 0 Å². The highest BCUT2D eigenvalue weighted by atomic mass is 16.1. The van der Waals surface area contributed by atoms with Gasteiger partial charge in [0.25, 0.3) is 0 Å². The summed E-state index contributed by atoms with van der Waals surface area (Å²) in [5, 5.41) is 2.94. The van der Waals surface area contributed by atoms with E-state index in [1.807, 2.05) is 38.3 Å². The molecule has 0 spiro atoms. The maximum absolute atomic E-state index is 11.7. The number of nitrogens with zero attached hydrogens (tertiary/aromatic N) is 1. The molecule has 1 aromatic heterocycles. The Morgan fingerprint density at radius 1 is 1.50 bits per heavy atom. The summed E-state index contributed by atoms with van der Waals surface area (Å²) < 4.78 is 2.01. The number of aldehydes is 1. The lowest BCUT2D eigenvalue weighted by Crippen LogP contribution is -2.32. The van der Waals surface area contributed by atoms with Gasteiger partial charge >= 0.3 is 0 Å². The molecular formula is C14H22N2O2. The minimum Gasteiger partial charge on any atom is -0.354 e. The van der Waals surface area contributed by atoms with Gasteiger partial charge in [0.05, 0.1) is 0 Å². The highest BCUT2D eigenvalue weighted by Crippen LogP contribution is 2.13. The quantitative estimate of drug-likeness (QED) is 0.787. The molecule has 1 rings (SSSR count). The molecule has 1 amide bonds. The molecule has 0 aliphatic heterocycles. The maximum atomic E-state index is 11.7. The van der Waals surface area contributed by atoms with Gasteiger partial charge in [-0.1, -0.05) is 6.92 Å². The number of hydrogen-bond donors (Lipinski definition) is 1. The van der Waals surface area contributed by atoms with Crippen LogP contribution in [0.4, 0.5) is 0 Å². The molecule has 0 radical (unpaired) electrons. The molecule has 0 saturated heterocycles. The Morgan fingerprint density at radius 3 is 2.67 bits per heavy atom. The first-order chi connectivity index (χ1) is 8.49. The fourth-order valence-electron chi connectivity index (χ4n) is 1.95. The monoisotopic (exact) mass is 250 g/mol. The van der Waals surface area contributed by atoms with Crippen LogP contribution in [-0.2, 0) is 11.3 Å². The van der Waals surface area contributed by atoms with Crippen LogP contribution in [0.2, 0.25) is 0 Å². The molecule has 1 N–H and O–H groups in total. The van der Waals surface area contributed by atoms with Gasteiger partial charge in [0.1, 0.15) is 0 Å². The van der Waals surface area contributed by atoms with Gasteiger partial charge in [-0.15, -0.1) is 0 Å². The van der Waals surface area contributed by atoms with Gasteiger partial charge in [-0.25, -0.2) is 0 Å². The first-order valence-electron chi connectivity index (χ1n) is 6.40. The van der Waals surface area contributed by atoms with Crippen LogP contribution in [0.5, 0.6) is 0 Å². The molecule has 1 atom stereocenters. The molecule has 0 fully saturated rings. The third-order valence-electron chi connectivity index (χ3n) is 3.32. The molecule has 100 valence electrons.